The number of nitrogens with zero attached hydrogens (tertiary/aromatic N) is 1. The van der Waals surface area contributed by atoms with Crippen molar-refractivity contribution in [2.75, 3.05) is 34.9 Å². The zero-order chi connectivity index (χ0) is 18.2. The minimum absolute atomic E-state index is 0.258. The highest BCUT2D eigenvalue weighted by Gasteiger charge is 2.26. The Morgan fingerprint density at radius 2 is 1.58 bits per heavy atom. The van der Waals surface area contributed by atoms with Gasteiger partial charge in [-0.3, -0.25) is 4.99 Å². The summed E-state index contributed by atoms with van der Waals surface area (Å²) in [6.07, 6.45) is -5.15. The van der Waals surface area contributed by atoms with Crippen molar-refractivity contribution < 1.29 is 27.4 Å². The predicted octanol–water partition coefficient (Wildman–Crippen LogP) is 2.33. The molecule has 0 saturated heterocycles. The Hall–Kier alpha value is -2.32. The van der Waals surface area contributed by atoms with E-state index in [4.69, 9.17) is 14.2 Å². The van der Waals surface area contributed by atoms with Crippen molar-refractivity contribution in [2.45, 2.75) is 19.1 Å². The van der Waals surface area contributed by atoms with Gasteiger partial charge in [0.15, 0.2) is 17.5 Å². The van der Waals surface area contributed by atoms with Crippen LogP contribution < -0.4 is 24.8 Å². The average Bonchev–Trinajstić information content (AvgIpc) is 2.55. The van der Waals surface area contributed by atoms with E-state index in [1.54, 1.807) is 12.1 Å². The number of alkyl halides is 3. The third-order valence-electron chi connectivity index (χ3n) is 3.16. The van der Waals surface area contributed by atoms with Gasteiger partial charge in [-0.25, -0.2) is 0 Å². The van der Waals surface area contributed by atoms with Crippen LogP contribution in [0, 0.1) is 0 Å². The van der Waals surface area contributed by atoms with Crippen LogP contribution in [0.25, 0.3) is 0 Å². The maximum atomic E-state index is 12.2. The second-order valence-electron chi connectivity index (χ2n) is 4.74. The van der Waals surface area contributed by atoms with E-state index in [1.165, 1.54) is 28.4 Å². The highest BCUT2D eigenvalue weighted by molar-refractivity contribution is 5.79. The number of methoxy groups -OCH3 is 3. The first kappa shape index (κ1) is 19.7. The van der Waals surface area contributed by atoms with Crippen molar-refractivity contribution in [1.82, 2.24) is 10.6 Å². The van der Waals surface area contributed by atoms with Gasteiger partial charge in [0.1, 0.15) is 5.75 Å². The first-order chi connectivity index (χ1) is 11.3. The van der Waals surface area contributed by atoms with Crippen LogP contribution in [-0.4, -0.2) is 47.1 Å². The van der Waals surface area contributed by atoms with Gasteiger partial charge in [0, 0.05) is 31.8 Å². The summed E-state index contributed by atoms with van der Waals surface area (Å²) in [4.78, 5) is 3.88. The molecule has 0 unspecified atom stereocenters. The van der Waals surface area contributed by atoms with Gasteiger partial charge in [0.25, 0.3) is 0 Å². The number of rotatable bonds is 7. The quantitative estimate of drug-likeness (QED) is 0.584. The van der Waals surface area contributed by atoms with Crippen LogP contribution in [-0.2, 0) is 6.54 Å². The summed E-state index contributed by atoms with van der Waals surface area (Å²) in [6.45, 7) is 0.0292. The molecule has 0 bridgehead atoms. The minimum atomic E-state index is -4.21. The zero-order valence-electron chi connectivity index (χ0n) is 14.1. The molecule has 0 fully saturated rings. The van der Waals surface area contributed by atoms with E-state index in [1.807, 2.05) is 0 Å². The van der Waals surface area contributed by atoms with Crippen molar-refractivity contribution in [3.05, 3.63) is 17.7 Å². The Bertz CT molecular complexity index is 563. The van der Waals surface area contributed by atoms with Crippen LogP contribution in [0.5, 0.6) is 17.2 Å². The number of ether oxygens (including phenoxy) is 3. The lowest BCUT2D eigenvalue weighted by molar-refractivity contribution is -0.132. The molecule has 24 heavy (non-hydrogen) atoms. The van der Waals surface area contributed by atoms with Crippen molar-refractivity contribution in [2.24, 2.45) is 4.99 Å². The summed E-state index contributed by atoms with van der Waals surface area (Å²) in [5.41, 5.74) is 0.744. The Balaban J connectivity index is 2.74. The number of hydrogen-bond donors (Lipinski definition) is 2. The van der Waals surface area contributed by atoms with Crippen molar-refractivity contribution >= 4 is 5.96 Å². The number of aliphatic imine (C=N–C) groups is 1. The first-order valence-corrected chi connectivity index (χ1v) is 7.14. The highest BCUT2D eigenvalue weighted by Crippen LogP contribution is 2.34. The smallest absolute Gasteiger partial charge is 0.390 e. The predicted molar refractivity (Wildman–Crippen MR) is 85.0 cm³/mol. The molecule has 0 spiro atoms. The summed E-state index contributed by atoms with van der Waals surface area (Å²) in [7, 11) is 6.02. The molecule has 0 atom stereocenters. The molecule has 6 nitrogen and oxygen atoms in total. The van der Waals surface area contributed by atoms with Gasteiger partial charge in [-0.15, -0.1) is 0 Å². The molecule has 1 aromatic carbocycles. The molecule has 0 aromatic heterocycles. The Kier molecular flexibility index (Phi) is 7.47. The largest absolute Gasteiger partial charge is 0.496 e. The SMILES string of the molecule is CN=C(NCCC(F)(F)F)NCc1cc(OC)c(OC)cc1OC. The minimum Gasteiger partial charge on any atom is -0.496 e. The Labute approximate surface area is 139 Å². The van der Waals surface area contributed by atoms with Gasteiger partial charge < -0.3 is 24.8 Å². The molecule has 0 heterocycles. The standard InChI is InChI=1S/C15H22F3N3O3/c1-19-14(20-6-5-15(16,17)18)21-9-10-7-12(23-3)13(24-4)8-11(10)22-2/h7-8H,5-6,9H2,1-4H3,(H2,19,20,21). The molecular formula is C15H22F3N3O3. The topological polar surface area (TPSA) is 64.1 Å². The van der Waals surface area contributed by atoms with Gasteiger partial charge in [-0.05, 0) is 6.07 Å². The normalized spacial score (nSPS) is 11.9. The Morgan fingerprint density at radius 1 is 1.00 bits per heavy atom. The lowest BCUT2D eigenvalue weighted by atomic mass is 10.1. The van der Waals surface area contributed by atoms with Crippen LogP contribution in [0.1, 0.15) is 12.0 Å². The van der Waals surface area contributed by atoms with Crippen LogP contribution in [0.15, 0.2) is 17.1 Å². The van der Waals surface area contributed by atoms with Crippen LogP contribution in [0.4, 0.5) is 13.2 Å². The molecule has 0 amide bonds. The molecule has 0 saturated carbocycles. The van der Waals surface area contributed by atoms with Crippen LogP contribution in [0.2, 0.25) is 0 Å². The van der Waals surface area contributed by atoms with E-state index in [2.05, 4.69) is 15.6 Å². The fraction of sp³-hybridized carbons (Fsp3) is 0.533. The summed E-state index contributed by atoms with van der Waals surface area (Å²) in [6, 6.07) is 3.41. The van der Waals surface area contributed by atoms with Gasteiger partial charge in [0.05, 0.1) is 27.8 Å². The number of guanidine groups is 1. The average molecular weight is 349 g/mol. The molecule has 0 radical (unpaired) electrons. The zero-order valence-corrected chi connectivity index (χ0v) is 14.1. The van der Waals surface area contributed by atoms with E-state index in [0.29, 0.717) is 17.2 Å². The van der Waals surface area contributed by atoms with E-state index in [0.717, 1.165) is 5.56 Å². The number of halogens is 3. The van der Waals surface area contributed by atoms with Gasteiger partial charge in [-0.2, -0.15) is 13.2 Å². The number of nitrogens with one attached hydrogen (secondary N) is 2. The molecule has 136 valence electrons. The summed E-state index contributed by atoms with van der Waals surface area (Å²) >= 11 is 0. The van der Waals surface area contributed by atoms with Crippen LogP contribution in [0.3, 0.4) is 0 Å². The third kappa shape index (κ3) is 6.05. The summed E-state index contributed by atoms with van der Waals surface area (Å²) < 4.78 is 52.2. The molecule has 1 aromatic rings. The molecule has 1 rings (SSSR count). The molecular weight excluding hydrogens is 327 g/mol. The lowest BCUT2D eigenvalue weighted by Gasteiger charge is -2.16. The Morgan fingerprint density at radius 3 is 2.08 bits per heavy atom. The summed E-state index contributed by atoms with van der Waals surface area (Å²) in [5, 5.41) is 5.54. The third-order valence-corrected chi connectivity index (χ3v) is 3.16. The monoisotopic (exact) mass is 349 g/mol. The van der Waals surface area contributed by atoms with Gasteiger partial charge in [0.2, 0.25) is 0 Å². The second kappa shape index (κ2) is 9.09. The maximum absolute atomic E-state index is 12.2. The van der Waals surface area contributed by atoms with Crippen molar-refractivity contribution in [1.29, 1.82) is 0 Å². The van der Waals surface area contributed by atoms with E-state index in [-0.39, 0.29) is 19.0 Å². The molecule has 0 aliphatic carbocycles. The first-order valence-electron chi connectivity index (χ1n) is 7.14. The van der Waals surface area contributed by atoms with Crippen LogP contribution >= 0.6 is 0 Å². The van der Waals surface area contributed by atoms with E-state index < -0.39 is 12.6 Å². The molecule has 0 aliphatic heterocycles. The second-order valence-corrected chi connectivity index (χ2v) is 4.74. The van der Waals surface area contributed by atoms with Crippen molar-refractivity contribution in [3.63, 3.8) is 0 Å². The highest BCUT2D eigenvalue weighted by atomic mass is 19.4. The molecule has 0 aliphatic rings. The molecule has 2 N–H and O–H groups in total. The van der Waals surface area contributed by atoms with Gasteiger partial charge >= 0.3 is 6.18 Å². The van der Waals surface area contributed by atoms with E-state index in [9.17, 15) is 13.2 Å². The molecule has 9 heteroatoms. The number of hydrogen-bond acceptors (Lipinski definition) is 4. The van der Waals surface area contributed by atoms with Gasteiger partial charge in [-0.1, -0.05) is 0 Å². The fourth-order valence-electron chi connectivity index (χ4n) is 1.95. The fourth-order valence-corrected chi connectivity index (χ4v) is 1.95. The van der Waals surface area contributed by atoms with E-state index >= 15 is 0 Å². The van der Waals surface area contributed by atoms with Crippen molar-refractivity contribution in [3.8, 4) is 17.2 Å². The number of benzene rings is 1. The lowest BCUT2D eigenvalue weighted by Crippen LogP contribution is -2.38. The maximum Gasteiger partial charge on any atom is 0.390 e. The summed E-state index contributed by atoms with van der Waals surface area (Å²) in [5.74, 6) is 1.86.